The van der Waals surface area contributed by atoms with Crippen LogP contribution >= 0.6 is 0 Å². The standard InChI is InChI=1S/C15H24O2/c1-15(2,3)17-14(16-4)12-8-11-13-9-6-5-7-10-13/h5-7,9-10,14H,8,11-12H2,1-4H3. The summed E-state index contributed by atoms with van der Waals surface area (Å²) in [6, 6.07) is 10.5. The summed E-state index contributed by atoms with van der Waals surface area (Å²) in [5, 5.41) is 0. The molecule has 1 rings (SSSR count). The van der Waals surface area contributed by atoms with Gasteiger partial charge in [-0.1, -0.05) is 30.3 Å². The predicted octanol–water partition coefficient (Wildman–Crippen LogP) is 3.80. The first-order valence-corrected chi connectivity index (χ1v) is 6.26. The van der Waals surface area contributed by atoms with Crippen molar-refractivity contribution in [2.24, 2.45) is 0 Å². The van der Waals surface area contributed by atoms with Crippen LogP contribution in [-0.2, 0) is 15.9 Å². The molecule has 0 N–H and O–H groups in total. The van der Waals surface area contributed by atoms with E-state index in [2.05, 4.69) is 45.0 Å². The van der Waals surface area contributed by atoms with Gasteiger partial charge in [-0.25, -0.2) is 0 Å². The molecule has 1 aromatic rings. The van der Waals surface area contributed by atoms with Crippen molar-refractivity contribution in [1.82, 2.24) is 0 Å². The number of benzene rings is 1. The lowest BCUT2D eigenvalue weighted by atomic mass is 10.1. The zero-order valence-corrected chi connectivity index (χ0v) is 11.4. The van der Waals surface area contributed by atoms with E-state index in [9.17, 15) is 0 Å². The van der Waals surface area contributed by atoms with Gasteiger partial charge in [0.15, 0.2) is 6.29 Å². The first-order valence-electron chi connectivity index (χ1n) is 6.26. The van der Waals surface area contributed by atoms with Crippen LogP contribution in [0.15, 0.2) is 30.3 Å². The summed E-state index contributed by atoms with van der Waals surface area (Å²) in [5.41, 5.74) is 1.23. The van der Waals surface area contributed by atoms with Gasteiger partial charge >= 0.3 is 0 Å². The maximum absolute atomic E-state index is 5.80. The van der Waals surface area contributed by atoms with Crippen molar-refractivity contribution >= 4 is 0 Å². The highest BCUT2D eigenvalue weighted by Gasteiger charge is 2.17. The second kappa shape index (κ2) is 6.77. The molecule has 0 saturated carbocycles. The minimum atomic E-state index is -0.145. The highest BCUT2D eigenvalue weighted by molar-refractivity contribution is 5.14. The van der Waals surface area contributed by atoms with Gasteiger partial charge in [0.1, 0.15) is 0 Å². The van der Waals surface area contributed by atoms with E-state index in [0.29, 0.717) is 0 Å². The van der Waals surface area contributed by atoms with E-state index in [0.717, 1.165) is 19.3 Å². The van der Waals surface area contributed by atoms with E-state index >= 15 is 0 Å². The highest BCUT2D eigenvalue weighted by Crippen LogP contribution is 2.16. The first kappa shape index (κ1) is 14.2. The molecule has 0 aliphatic carbocycles. The summed E-state index contributed by atoms with van der Waals surface area (Å²) in [7, 11) is 1.71. The Morgan fingerprint density at radius 2 is 1.76 bits per heavy atom. The van der Waals surface area contributed by atoms with Crippen molar-refractivity contribution in [3.8, 4) is 0 Å². The quantitative estimate of drug-likeness (QED) is 0.699. The highest BCUT2D eigenvalue weighted by atomic mass is 16.7. The van der Waals surface area contributed by atoms with Gasteiger partial charge in [0.05, 0.1) is 5.60 Å². The van der Waals surface area contributed by atoms with Crippen molar-refractivity contribution in [3.63, 3.8) is 0 Å². The summed E-state index contributed by atoms with van der Waals surface area (Å²) in [4.78, 5) is 0. The van der Waals surface area contributed by atoms with Crippen LogP contribution in [0.3, 0.4) is 0 Å². The van der Waals surface area contributed by atoms with E-state index in [1.54, 1.807) is 7.11 Å². The van der Waals surface area contributed by atoms with Crippen molar-refractivity contribution in [3.05, 3.63) is 35.9 Å². The minimum Gasteiger partial charge on any atom is -0.356 e. The molecule has 0 aromatic heterocycles. The molecular weight excluding hydrogens is 212 g/mol. The van der Waals surface area contributed by atoms with Crippen LogP contribution in [0, 0.1) is 0 Å². The van der Waals surface area contributed by atoms with Gasteiger partial charge in [0.25, 0.3) is 0 Å². The molecule has 0 saturated heterocycles. The molecule has 0 aliphatic rings. The fraction of sp³-hybridized carbons (Fsp3) is 0.600. The van der Waals surface area contributed by atoms with Crippen molar-refractivity contribution in [2.75, 3.05) is 7.11 Å². The molecule has 0 bridgehead atoms. The van der Waals surface area contributed by atoms with Crippen molar-refractivity contribution in [2.45, 2.75) is 51.9 Å². The van der Waals surface area contributed by atoms with Crippen molar-refractivity contribution in [1.29, 1.82) is 0 Å². The molecular formula is C15H24O2. The molecule has 1 atom stereocenters. The van der Waals surface area contributed by atoms with Gasteiger partial charge in [-0.05, 0) is 45.6 Å². The average molecular weight is 236 g/mol. The summed E-state index contributed by atoms with van der Waals surface area (Å²) in [5.74, 6) is 0. The Balaban J connectivity index is 2.29. The molecule has 2 nitrogen and oxygen atoms in total. The Kier molecular flexibility index (Phi) is 5.66. The summed E-state index contributed by atoms with van der Waals surface area (Å²) in [6.07, 6.45) is 2.99. The average Bonchev–Trinajstić information content (AvgIpc) is 2.27. The lowest BCUT2D eigenvalue weighted by molar-refractivity contribution is -0.184. The van der Waals surface area contributed by atoms with Crippen LogP contribution in [-0.4, -0.2) is 19.0 Å². The van der Waals surface area contributed by atoms with E-state index < -0.39 is 0 Å². The number of methoxy groups -OCH3 is 1. The fourth-order valence-electron chi connectivity index (χ4n) is 1.74. The van der Waals surface area contributed by atoms with Gasteiger partial charge in [-0.15, -0.1) is 0 Å². The summed E-state index contributed by atoms with van der Waals surface area (Å²) in [6.45, 7) is 6.16. The number of aryl methyl sites for hydroxylation is 1. The lowest BCUT2D eigenvalue weighted by Gasteiger charge is -2.26. The van der Waals surface area contributed by atoms with Crippen LogP contribution in [0.1, 0.15) is 39.2 Å². The number of hydrogen-bond acceptors (Lipinski definition) is 2. The molecule has 0 amide bonds. The van der Waals surface area contributed by atoms with Gasteiger partial charge < -0.3 is 9.47 Å². The molecule has 1 unspecified atom stereocenters. The third-order valence-corrected chi connectivity index (χ3v) is 2.50. The number of ether oxygens (including phenoxy) is 2. The van der Waals surface area contributed by atoms with E-state index in [1.165, 1.54) is 5.56 Å². The van der Waals surface area contributed by atoms with E-state index in [1.807, 2.05) is 6.07 Å². The maximum Gasteiger partial charge on any atom is 0.157 e. The Hall–Kier alpha value is -0.860. The molecule has 17 heavy (non-hydrogen) atoms. The van der Waals surface area contributed by atoms with E-state index in [-0.39, 0.29) is 11.9 Å². The Morgan fingerprint density at radius 3 is 2.29 bits per heavy atom. The topological polar surface area (TPSA) is 18.5 Å². The maximum atomic E-state index is 5.80. The molecule has 96 valence electrons. The second-order valence-electron chi connectivity index (χ2n) is 5.27. The number of hydrogen-bond donors (Lipinski definition) is 0. The Bertz CT molecular complexity index is 300. The summed E-state index contributed by atoms with van der Waals surface area (Å²) < 4.78 is 11.1. The normalized spacial score (nSPS) is 13.6. The molecule has 0 radical (unpaired) electrons. The van der Waals surface area contributed by atoms with Crippen LogP contribution in [0.2, 0.25) is 0 Å². The van der Waals surface area contributed by atoms with Gasteiger partial charge in [0, 0.05) is 7.11 Å². The van der Waals surface area contributed by atoms with Crippen molar-refractivity contribution < 1.29 is 9.47 Å². The molecule has 0 spiro atoms. The van der Waals surface area contributed by atoms with Crippen LogP contribution in [0.25, 0.3) is 0 Å². The largest absolute Gasteiger partial charge is 0.356 e. The minimum absolute atomic E-state index is 0.0984. The Morgan fingerprint density at radius 1 is 1.12 bits per heavy atom. The third kappa shape index (κ3) is 6.44. The summed E-state index contributed by atoms with van der Waals surface area (Å²) >= 11 is 0. The lowest BCUT2D eigenvalue weighted by Crippen LogP contribution is -2.28. The van der Waals surface area contributed by atoms with Gasteiger partial charge in [-0.2, -0.15) is 0 Å². The van der Waals surface area contributed by atoms with Gasteiger partial charge in [0.2, 0.25) is 0 Å². The van der Waals surface area contributed by atoms with Crippen LogP contribution < -0.4 is 0 Å². The zero-order valence-electron chi connectivity index (χ0n) is 11.4. The second-order valence-corrected chi connectivity index (χ2v) is 5.27. The molecule has 0 heterocycles. The molecule has 2 heteroatoms. The van der Waals surface area contributed by atoms with Gasteiger partial charge in [-0.3, -0.25) is 0 Å². The van der Waals surface area contributed by atoms with Crippen LogP contribution in [0.4, 0.5) is 0 Å². The monoisotopic (exact) mass is 236 g/mol. The first-order chi connectivity index (χ1) is 8.01. The molecule has 0 fully saturated rings. The molecule has 0 aliphatic heterocycles. The number of rotatable bonds is 6. The molecule has 1 aromatic carbocycles. The third-order valence-electron chi connectivity index (χ3n) is 2.50. The van der Waals surface area contributed by atoms with Crippen LogP contribution in [0.5, 0.6) is 0 Å². The SMILES string of the molecule is COC(CCCc1ccccc1)OC(C)(C)C. The predicted molar refractivity (Wildman–Crippen MR) is 71.0 cm³/mol. The zero-order chi connectivity index (χ0) is 12.7. The smallest absolute Gasteiger partial charge is 0.157 e. The Labute approximate surface area is 105 Å². The van der Waals surface area contributed by atoms with E-state index in [4.69, 9.17) is 9.47 Å². The fourth-order valence-corrected chi connectivity index (χ4v) is 1.74.